The largest absolute Gasteiger partial charge is 0.543 e. The molecule has 254 valence electrons. The van der Waals surface area contributed by atoms with E-state index in [1.807, 2.05) is 11.3 Å². The summed E-state index contributed by atoms with van der Waals surface area (Å²) in [4.78, 5) is 3.62. The summed E-state index contributed by atoms with van der Waals surface area (Å²) < 4.78 is 27.8. The summed E-state index contributed by atoms with van der Waals surface area (Å²) in [5, 5.41) is 1.44. The lowest BCUT2D eigenvalue weighted by atomic mass is 9.93. The van der Waals surface area contributed by atoms with Gasteiger partial charge in [0.25, 0.3) is 0 Å². The van der Waals surface area contributed by atoms with Crippen LogP contribution in [-0.2, 0) is 0 Å². The van der Waals surface area contributed by atoms with Gasteiger partial charge in [-0.15, -0.1) is 11.3 Å². The van der Waals surface area contributed by atoms with Gasteiger partial charge in [0.05, 0.1) is 0 Å². The summed E-state index contributed by atoms with van der Waals surface area (Å²) in [6, 6.07) is 21.5. The van der Waals surface area contributed by atoms with Crippen molar-refractivity contribution in [2.45, 2.75) is 97.8 Å². The maximum absolute atomic E-state index is 6.96. The van der Waals surface area contributed by atoms with E-state index in [0.717, 1.165) is 53.8 Å². The highest BCUT2D eigenvalue weighted by molar-refractivity contribution is 7.22. The lowest BCUT2D eigenvalue weighted by Gasteiger charge is -2.37. The quantitative estimate of drug-likeness (QED) is 0.147. The van der Waals surface area contributed by atoms with Crippen molar-refractivity contribution in [2.24, 2.45) is 0 Å². The molecule has 4 aromatic rings. The maximum Gasteiger partial charge on any atom is 0.250 e. The van der Waals surface area contributed by atoms with E-state index in [4.69, 9.17) is 18.3 Å². The number of benzene rings is 3. The number of fused-ring (bicyclic) bond motifs is 5. The van der Waals surface area contributed by atoms with Crippen LogP contribution in [0.15, 0.2) is 60.7 Å². The van der Waals surface area contributed by atoms with Crippen LogP contribution in [0, 0.1) is 0 Å². The third kappa shape index (κ3) is 7.46. The zero-order valence-electron chi connectivity index (χ0n) is 30.7. The van der Waals surface area contributed by atoms with E-state index >= 15 is 0 Å². The normalized spacial score (nSPS) is 15.3. The summed E-state index contributed by atoms with van der Waals surface area (Å²) in [5.74, 6) is 3.57. The minimum atomic E-state index is -2.02. The SMILES string of the molecule is CCN(CC)CCOc1ccc(C2Oc3cc(O[Si](C)(C)C(C)(C)C)ccc3-c3sc4cc(O[Si](C)(C)C(C)(C)C)ccc4c32)cc1. The fraction of sp³-hybridized carbons (Fsp3) is 0.487. The van der Waals surface area contributed by atoms with Crippen LogP contribution in [-0.4, -0.2) is 47.8 Å². The number of rotatable bonds is 11. The number of likely N-dealkylation sites (N-methyl/N-ethyl adjacent to an activating group) is 1. The predicted octanol–water partition coefficient (Wildman–Crippen LogP) is 11.5. The van der Waals surface area contributed by atoms with Gasteiger partial charge in [-0.25, -0.2) is 0 Å². The minimum absolute atomic E-state index is 0.102. The first-order valence-electron chi connectivity index (χ1n) is 17.1. The highest BCUT2D eigenvalue weighted by atomic mass is 32.1. The van der Waals surface area contributed by atoms with Crippen molar-refractivity contribution in [3.63, 3.8) is 0 Å². The number of hydrogen-bond acceptors (Lipinski definition) is 6. The zero-order chi connectivity index (χ0) is 34.4. The molecule has 0 aliphatic carbocycles. The van der Waals surface area contributed by atoms with Gasteiger partial charge in [-0.2, -0.15) is 0 Å². The van der Waals surface area contributed by atoms with Crippen LogP contribution in [0.4, 0.5) is 0 Å². The van der Waals surface area contributed by atoms with E-state index < -0.39 is 16.6 Å². The standard InChI is InChI=1S/C39H55NO4SSi2/c1-13-40(14-2)23-24-41-28-17-15-27(16-18-28)36-35-32-22-20-30(44-47(11,12)39(6,7)8)26-34(32)45-37(35)31-21-19-29(25-33(31)42-36)43-46(9,10)38(3,4)5/h15-22,25-26,36H,13-14,23-24H2,1-12H3. The molecule has 0 bridgehead atoms. The summed E-state index contributed by atoms with van der Waals surface area (Å²) in [7, 11) is -4.00. The van der Waals surface area contributed by atoms with E-state index in [0.29, 0.717) is 6.61 Å². The van der Waals surface area contributed by atoms with Gasteiger partial charge in [0.15, 0.2) is 6.10 Å². The van der Waals surface area contributed by atoms with E-state index in [1.54, 1.807) is 0 Å². The third-order valence-electron chi connectivity index (χ3n) is 10.5. The molecule has 1 atom stereocenters. The predicted molar refractivity (Wildman–Crippen MR) is 205 cm³/mol. The molecule has 0 fully saturated rings. The van der Waals surface area contributed by atoms with Gasteiger partial charge in [0.1, 0.15) is 29.6 Å². The molecule has 47 heavy (non-hydrogen) atoms. The highest BCUT2D eigenvalue weighted by Gasteiger charge is 2.41. The second kappa shape index (κ2) is 13.3. The molecule has 1 aliphatic rings. The van der Waals surface area contributed by atoms with Crippen molar-refractivity contribution in [2.75, 3.05) is 26.2 Å². The van der Waals surface area contributed by atoms with E-state index in [9.17, 15) is 0 Å². The molecule has 1 aliphatic heterocycles. The molecule has 1 unspecified atom stereocenters. The van der Waals surface area contributed by atoms with Gasteiger partial charge in [-0.05, 0) is 97.4 Å². The lowest BCUT2D eigenvalue weighted by Crippen LogP contribution is -2.43. The van der Waals surface area contributed by atoms with Gasteiger partial charge in [-0.1, -0.05) is 67.5 Å². The average Bonchev–Trinajstić information content (AvgIpc) is 3.36. The Labute approximate surface area is 289 Å². The van der Waals surface area contributed by atoms with Crippen molar-refractivity contribution in [3.05, 3.63) is 71.8 Å². The topological polar surface area (TPSA) is 40.2 Å². The molecule has 0 radical (unpaired) electrons. The Hall–Kier alpha value is -2.79. The minimum Gasteiger partial charge on any atom is -0.543 e. The lowest BCUT2D eigenvalue weighted by molar-refractivity contribution is 0.222. The van der Waals surface area contributed by atoms with Crippen LogP contribution in [0.2, 0.25) is 36.3 Å². The third-order valence-corrected chi connectivity index (χ3v) is 20.4. The number of ether oxygens (including phenoxy) is 2. The van der Waals surface area contributed by atoms with Crippen LogP contribution < -0.4 is 18.3 Å². The number of thiophene rings is 1. The van der Waals surface area contributed by atoms with Crippen LogP contribution in [0.5, 0.6) is 23.0 Å². The first-order chi connectivity index (χ1) is 21.9. The number of nitrogens with zero attached hydrogens (tertiary/aromatic N) is 1. The molecular formula is C39H55NO4SSi2. The Morgan fingerprint density at radius 2 is 1.30 bits per heavy atom. The molecule has 0 saturated heterocycles. The Morgan fingerprint density at radius 3 is 1.87 bits per heavy atom. The molecule has 2 heterocycles. The molecule has 5 rings (SSSR count). The summed E-state index contributed by atoms with van der Waals surface area (Å²) in [6.45, 7) is 30.9. The second-order valence-electron chi connectivity index (χ2n) is 15.8. The van der Waals surface area contributed by atoms with E-state index in [-0.39, 0.29) is 16.2 Å². The van der Waals surface area contributed by atoms with E-state index in [2.05, 4.69) is 147 Å². The van der Waals surface area contributed by atoms with Crippen molar-refractivity contribution < 1.29 is 18.3 Å². The molecule has 3 aromatic carbocycles. The summed E-state index contributed by atoms with van der Waals surface area (Å²) in [6.07, 6.45) is -0.258. The van der Waals surface area contributed by atoms with Crippen LogP contribution >= 0.6 is 11.3 Å². The highest BCUT2D eigenvalue weighted by Crippen LogP contribution is 2.53. The molecule has 8 heteroatoms. The Balaban J connectivity index is 1.54. The van der Waals surface area contributed by atoms with Crippen LogP contribution in [0.25, 0.3) is 20.5 Å². The van der Waals surface area contributed by atoms with Crippen molar-refractivity contribution in [1.29, 1.82) is 0 Å². The molecule has 0 amide bonds. The first kappa shape index (κ1) is 35.5. The monoisotopic (exact) mass is 689 g/mol. The molecule has 0 spiro atoms. The van der Waals surface area contributed by atoms with Gasteiger partial charge in [-0.3, -0.25) is 0 Å². The smallest absolute Gasteiger partial charge is 0.250 e. The average molecular weight is 690 g/mol. The van der Waals surface area contributed by atoms with E-state index in [1.165, 1.54) is 20.5 Å². The van der Waals surface area contributed by atoms with Crippen LogP contribution in [0.3, 0.4) is 0 Å². The fourth-order valence-electron chi connectivity index (χ4n) is 5.36. The molecule has 1 aromatic heterocycles. The fourth-order valence-corrected chi connectivity index (χ4v) is 8.69. The van der Waals surface area contributed by atoms with Crippen molar-refractivity contribution in [3.8, 4) is 33.4 Å². The molecular weight excluding hydrogens is 635 g/mol. The summed E-state index contributed by atoms with van der Waals surface area (Å²) in [5.41, 5.74) is 3.43. The Kier molecular flexibility index (Phi) is 10.0. The van der Waals surface area contributed by atoms with Gasteiger partial charge in [0, 0.05) is 38.7 Å². The second-order valence-corrected chi connectivity index (χ2v) is 26.3. The zero-order valence-corrected chi connectivity index (χ0v) is 33.5. The van der Waals surface area contributed by atoms with Gasteiger partial charge >= 0.3 is 0 Å². The van der Waals surface area contributed by atoms with Crippen molar-refractivity contribution in [1.82, 2.24) is 4.90 Å². The molecule has 5 nitrogen and oxygen atoms in total. The molecule has 0 N–H and O–H groups in total. The molecule has 0 saturated carbocycles. The first-order valence-corrected chi connectivity index (χ1v) is 23.8. The van der Waals surface area contributed by atoms with Crippen LogP contribution in [0.1, 0.15) is 72.6 Å². The maximum atomic E-state index is 6.96. The van der Waals surface area contributed by atoms with Crippen molar-refractivity contribution >= 4 is 38.1 Å². The van der Waals surface area contributed by atoms with Gasteiger partial charge in [0.2, 0.25) is 16.6 Å². The summed E-state index contributed by atoms with van der Waals surface area (Å²) >= 11 is 1.83. The Bertz CT molecular complexity index is 1700. The Morgan fingerprint density at radius 1 is 0.745 bits per heavy atom. The number of hydrogen-bond donors (Lipinski definition) is 0. The van der Waals surface area contributed by atoms with Gasteiger partial charge < -0.3 is 23.2 Å².